The van der Waals surface area contributed by atoms with Crippen molar-refractivity contribution in [2.45, 2.75) is 26.3 Å². The second-order valence-corrected chi connectivity index (χ2v) is 5.86. The Morgan fingerprint density at radius 2 is 1.80 bits per heavy atom. The molecular formula is C21H22N2O2. The molecule has 3 rings (SSSR count). The van der Waals surface area contributed by atoms with Crippen molar-refractivity contribution >= 4 is 17.7 Å². The highest BCUT2D eigenvalue weighted by Crippen LogP contribution is 2.16. The first-order chi connectivity index (χ1) is 12.2. The maximum atomic E-state index is 12.1. The van der Waals surface area contributed by atoms with Crippen molar-refractivity contribution in [3.05, 3.63) is 71.8 Å². The van der Waals surface area contributed by atoms with E-state index in [0.29, 0.717) is 26.0 Å². The number of hydrazone groups is 1. The molecule has 1 aliphatic rings. The van der Waals surface area contributed by atoms with Gasteiger partial charge in [-0.3, -0.25) is 4.79 Å². The number of nitrogens with zero attached hydrogens (tertiary/aromatic N) is 2. The Kier molecular flexibility index (Phi) is 5.62. The van der Waals surface area contributed by atoms with Crippen LogP contribution in [0.15, 0.2) is 65.8 Å². The number of hydrogen-bond donors (Lipinski definition) is 0. The summed E-state index contributed by atoms with van der Waals surface area (Å²) in [6.07, 6.45) is 5.18. The molecule has 0 atom stereocenters. The van der Waals surface area contributed by atoms with E-state index in [1.54, 1.807) is 5.01 Å². The Morgan fingerprint density at radius 1 is 1.04 bits per heavy atom. The van der Waals surface area contributed by atoms with Gasteiger partial charge in [-0.15, -0.1) is 0 Å². The van der Waals surface area contributed by atoms with Crippen LogP contribution < -0.4 is 4.74 Å². The summed E-state index contributed by atoms with van der Waals surface area (Å²) in [5.74, 6) is 0.941. The van der Waals surface area contributed by atoms with E-state index in [-0.39, 0.29) is 5.91 Å². The van der Waals surface area contributed by atoms with Crippen molar-refractivity contribution in [1.82, 2.24) is 5.01 Å². The number of ether oxygens (including phenoxy) is 1. The lowest BCUT2D eigenvalue weighted by Crippen LogP contribution is -2.30. The minimum atomic E-state index is 0.0714. The van der Waals surface area contributed by atoms with Crippen molar-refractivity contribution in [3.8, 4) is 5.75 Å². The van der Waals surface area contributed by atoms with Gasteiger partial charge in [0.1, 0.15) is 5.75 Å². The molecule has 128 valence electrons. The van der Waals surface area contributed by atoms with Gasteiger partial charge < -0.3 is 4.74 Å². The molecule has 1 aliphatic heterocycles. The second kappa shape index (κ2) is 8.29. The van der Waals surface area contributed by atoms with E-state index in [4.69, 9.17) is 4.74 Å². The molecule has 0 bridgehead atoms. The standard InChI is InChI=1S/C21H22N2O2/c1-2-25-20-13-9-17(10-14-20)8-11-19-12-15-21(24)23(22-19)16-18-6-4-3-5-7-18/h3-11,13-14H,2,12,15-16H2,1H3/b11-8+. The summed E-state index contributed by atoms with van der Waals surface area (Å²) >= 11 is 0. The number of carbonyl (C=O) groups is 1. The zero-order chi connectivity index (χ0) is 17.5. The Morgan fingerprint density at radius 3 is 2.52 bits per heavy atom. The Bertz CT molecular complexity index is 764. The summed E-state index contributed by atoms with van der Waals surface area (Å²) < 4.78 is 5.45. The maximum Gasteiger partial charge on any atom is 0.243 e. The fourth-order valence-electron chi connectivity index (χ4n) is 2.66. The molecular weight excluding hydrogens is 312 g/mol. The van der Waals surface area contributed by atoms with Crippen LogP contribution in [0.25, 0.3) is 6.08 Å². The average molecular weight is 334 g/mol. The third-order valence-electron chi connectivity index (χ3n) is 3.97. The van der Waals surface area contributed by atoms with Gasteiger partial charge in [0, 0.05) is 12.8 Å². The molecule has 1 amide bonds. The van der Waals surface area contributed by atoms with Gasteiger partial charge in [0.15, 0.2) is 0 Å². The van der Waals surface area contributed by atoms with Crippen LogP contribution in [0.1, 0.15) is 30.9 Å². The molecule has 0 fully saturated rings. The summed E-state index contributed by atoms with van der Waals surface area (Å²) in [5.41, 5.74) is 3.08. The molecule has 25 heavy (non-hydrogen) atoms. The number of rotatable bonds is 6. The molecule has 1 heterocycles. The van der Waals surface area contributed by atoms with E-state index in [1.807, 2.05) is 73.7 Å². The van der Waals surface area contributed by atoms with E-state index in [0.717, 1.165) is 22.6 Å². The fraction of sp³-hybridized carbons (Fsp3) is 0.238. The average Bonchev–Trinajstić information content (AvgIpc) is 2.65. The Hall–Kier alpha value is -2.88. The van der Waals surface area contributed by atoms with Crippen LogP contribution in [0.2, 0.25) is 0 Å². The zero-order valence-corrected chi connectivity index (χ0v) is 14.4. The first-order valence-corrected chi connectivity index (χ1v) is 8.57. The minimum Gasteiger partial charge on any atom is -0.494 e. The summed E-state index contributed by atoms with van der Waals surface area (Å²) in [6.45, 7) is 3.15. The maximum absolute atomic E-state index is 12.1. The van der Waals surface area contributed by atoms with E-state index in [2.05, 4.69) is 5.10 Å². The monoisotopic (exact) mass is 334 g/mol. The molecule has 0 saturated heterocycles. The molecule has 0 spiro atoms. The smallest absolute Gasteiger partial charge is 0.243 e. The molecule has 0 saturated carbocycles. The van der Waals surface area contributed by atoms with Gasteiger partial charge in [-0.05, 0) is 36.3 Å². The van der Waals surface area contributed by atoms with Gasteiger partial charge in [-0.1, -0.05) is 48.5 Å². The van der Waals surface area contributed by atoms with E-state index < -0.39 is 0 Å². The van der Waals surface area contributed by atoms with Crippen LogP contribution in [0, 0.1) is 0 Å². The molecule has 0 radical (unpaired) electrons. The summed E-state index contributed by atoms with van der Waals surface area (Å²) in [4.78, 5) is 12.1. The summed E-state index contributed by atoms with van der Waals surface area (Å²) in [6, 6.07) is 17.9. The highest BCUT2D eigenvalue weighted by molar-refractivity contribution is 6.02. The van der Waals surface area contributed by atoms with Crippen LogP contribution in [0.4, 0.5) is 0 Å². The third kappa shape index (κ3) is 4.80. The van der Waals surface area contributed by atoms with E-state index in [1.165, 1.54) is 0 Å². The third-order valence-corrected chi connectivity index (χ3v) is 3.97. The fourth-order valence-corrected chi connectivity index (χ4v) is 2.66. The molecule has 0 aromatic heterocycles. The zero-order valence-electron chi connectivity index (χ0n) is 14.4. The lowest BCUT2D eigenvalue weighted by atomic mass is 10.1. The van der Waals surface area contributed by atoms with Crippen molar-refractivity contribution in [3.63, 3.8) is 0 Å². The first kappa shape index (κ1) is 17.0. The lowest BCUT2D eigenvalue weighted by Gasteiger charge is -2.22. The predicted octanol–water partition coefficient (Wildman–Crippen LogP) is 4.28. The van der Waals surface area contributed by atoms with Gasteiger partial charge in [-0.2, -0.15) is 5.10 Å². The summed E-state index contributed by atoms with van der Waals surface area (Å²) in [7, 11) is 0. The molecule has 4 heteroatoms. The molecule has 2 aromatic carbocycles. The molecule has 0 aliphatic carbocycles. The number of amides is 1. The van der Waals surface area contributed by atoms with E-state index >= 15 is 0 Å². The number of carbonyl (C=O) groups excluding carboxylic acids is 1. The molecule has 4 nitrogen and oxygen atoms in total. The van der Waals surface area contributed by atoms with Crippen LogP contribution in [-0.4, -0.2) is 23.2 Å². The van der Waals surface area contributed by atoms with Crippen molar-refractivity contribution in [1.29, 1.82) is 0 Å². The normalized spacial score (nSPS) is 14.7. The minimum absolute atomic E-state index is 0.0714. The topological polar surface area (TPSA) is 41.9 Å². The van der Waals surface area contributed by atoms with Crippen molar-refractivity contribution < 1.29 is 9.53 Å². The van der Waals surface area contributed by atoms with E-state index in [9.17, 15) is 4.79 Å². The number of allylic oxidation sites excluding steroid dienone is 1. The van der Waals surface area contributed by atoms with Gasteiger partial charge in [0.25, 0.3) is 0 Å². The van der Waals surface area contributed by atoms with Crippen LogP contribution in [0.5, 0.6) is 5.75 Å². The van der Waals surface area contributed by atoms with Crippen LogP contribution in [-0.2, 0) is 11.3 Å². The lowest BCUT2D eigenvalue weighted by molar-refractivity contribution is -0.132. The highest BCUT2D eigenvalue weighted by atomic mass is 16.5. The number of hydrogen-bond acceptors (Lipinski definition) is 3. The van der Waals surface area contributed by atoms with Crippen LogP contribution in [0.3, 0.4) is 0 Å². The van der Waals surface area contributed by atoms with Gasteiger partial charge in [0.05, 0.1) is 18.9 Å². The van der Waals surface area contributed by atoms with Crippen molar-refractivity contribution in [2.24, 2.45) is 5.10 Å². The summed E-state index contributed by atoms with van der Waals surface area (Å²) in [5, 5.41) is 6.08. The van der Waals surface area contributed by atoms with Gasteiger partial charge in [0.2, 0.25) is 5.91 Å². The van der Waals surface area contributed by atoms with Crippen molar-refractivity contribution in [2.75, 3.05) is 6.61 Å². The Labute approximate surface area is 148 Å². The highest BCUT2D eigenvalue weighted by Gasteiger charge is 2.19. The second-order valence-electron chi connectivity index (χ2n) is 5.86. The number of benzene rings is 2. The van der Waals surface area contributed by atoms with Gasteiger partial charge >= 0.3 is 0 Å². The van der Waals surface area contributed by atoms with Gasteiger partial charge in [-0.25, -0.2) is 5.01 Å². The SMILES string of the molecule is CCOc1ccc(/C=C/C2=NN(Cc3ccccc3)C(=O)CC2)cc1. The largest absolute Gasteiger partial charge is 0.494 e. The molecule has 2 aromatic rings. The predicted molar refractivity (Wildman–Crippen MR) is 100 cm³/mol. The molecule has 0 N–H and O–H groups in total. The quantitative estimate of drug-likeness (QED) is 0.791. The molecule has 0 unspecified atom stereocenters. The Balaban J connectivity index is 1.68. The van der Waals surface area contributed by atoms with Crippen LogP contribution >= 0.6 is 0 Å². The first-order valence-electron chi connectivity index (χ1n) is 8.57.